The Kier molecular flexibility index (Phi) is 11.5. The van der Waals surface area contributed by atoms with Crippen LogP contribution in [0, 0.1) is 0 Å². The molecule has 0 aliphatic heterocycles. The van der Waals surface area contributed by atoms with Gasteiger partial charge in [0.1, 0.15) is 0 Å². The van der Waals surface area contributed by atoms with E-state index in [4.69, 9.17) is 9.79 Å². The van der Waals surface area contributed by atoms with Gasteiger partial charge in [0, 0.05) is 39.3 Å². The van der Waals surface area contributed by atoms with Crippen LogP contribution in [-0.2, 0) is 4.57 Å². The van der Waals surface area contributed by atoms with E-state index in [0.29, 0.717) is 26.2 Å². The van der Waals surface area contributed by atoms with Gasteiger partial charge in [-0.2, -0.15) is 0 Å². The zero-order valence-electron chi connectivity index (χ0n) is 13.9. The monoisotopic (exact) mass is 341 g/mol. The minimum Gasteiger partial charge on any atom is -0.392 e. The fourth-order valence-corrected chi connectivity index (χ4v) is 2.61. The molecule has 0 aromatic rings. The number of hydrogen-bond donors (Lipinski definition) is 5. The van der Waals surface area contributed by atoms with Crippen molar-refractivity contribution in [1.29, 1.82) is 0 Å². The fourth-order valence-electron chi connectivity index (χ4n) is 2.16. The van der Waals surface area contributed by atoms with E-state index in [0.717, 1.165) is 19.6 Å². The molecule has 0 saturated carbocycles. The van der Waals surface area contributed by atoms with E-state index in [9.17, 15) is 14.8 Å². The van der Waals surface area contributed by atoms with Crippen LogP contribution < -0.4 is 5.32 Å². The lowest BCUT2D eigenvalue weighted by Gasteiger charge is -2.28. The second kappa shape index (κ2) is 11.5. The van der Waals surface area contributed by atoms with Crippen LogP contribution in [0.5, 0.6) is 0 Å². The third-order valence-corrected chi connectivity index (χ3v) is 3.78. The molecular weight excluding hydrogens is 309 g/mol. The van der Waals surface area contributed by atoms with Gasteiger partial charge in [-0.3, -0.25) is 14.4 Å². The first-order chi connectivity index (χ1) is 10.1. The van der Waals surface area contributed by atoms with E-state index in [1.54, 1.807) is 13.8 Å². The van der Waals surface area contributed by atoms with Crippen LogP contribution in [0.2, 0.25) is 0 Å². The van der Waals surface area contributed by atoms with Crippen LogP contribution in [0.15, 0.2) is 0 Å². The number of rotatable bonds is 13. The molecule has 5 N–H and O–H groups in total. The molecule has 9 heteroatoms. The van der Waals surface area contributed by atoms with Gasteiger partial charge in [0.05, 0.1) is 18.5 Å². The van der Waals surface area contributed by atoms with Crippen molar-refractivity contribution in [3.63, 3.8) is 0 Å². The first kappa shape index (κ1) is 21.9. The standard InChI is InChI=1S/C13H32N3O5P/c1-4-15(9-12(2)17)7-8-16(10-13(3)18)6-5-14-11-22(19,20)21/h12-14,17-18H,4-11H2,1-3H3,(H2,19,20,21)/t12-,13-/m0/s1. The van der Waals surface area contributed by atoms with Gasteiger partial charge in [-0.1, -0.05) is 6.92 Å². The third kappa shape index (κ3) is 13.6. The highest BCUT2D eigenvalue weighted by Gasteiger charge is 2.14. The summed E-state index contributed by atoms with van der Waals surface area (Å²) >= 11 is 0. The Balaban J connectivity index is 4.18. The lowest BCUT2D eigenvalue weighted by atomic mass is 10.3. The number of aliphatic hydroxyl groups is 2. The predicted octanol–water partition coefficient (Wildman–Crippen LogP) is -0.903. The Hall–Kier alpha value is -0.0500. The Bertz CT molecular complexity index is 325. The number of hydrogen-bond acceptors (Lipinski definition) is 6. The molecule has 134 valence electrons. The summed E-state index contributed by atoms with van der Waals surface area (Å²) in [5.41, 5.74) is 0. The van der Waals surface area contributed by atoms with E-state index in [1.807, 2.05) is 11.8 Å². The van der Waals surface area contributed by atoms with Crippen molar-refractivity contribution in [2.45, 2.75) is 33.0 Å². The molecule has 8 nitrogen and oxygen atoms in total. The largest absolute Gasteiger partial charge is 0.392 e. The number of likely N-dealkylation sites (N-methyl/N-ethyl adjacent to an activating group) is 1. The highest BCUT2D eigenvalue weighted by Crippen LogP contribution is 2.31. The second-order valence-corrected chi connectivity index (χ2v) is 7.36. The van der Waals surface area contributed by atoms with Crippen LogP contribution in [0.25, 0.3) is 0 Å². The van der Waals surface area contributed by atoms with Gasteiger partial charge < -0.3 is 25.3 Å². The van der Waals surface area contributed by atoms with Gasteiger partial charge >= 0.3 is 7.60 Å². The molecule has 0 aliphatic rings. The van der Waals surface area contributed by atoms with Crippen LogP contribution in [0.1, 0.15) is 20.8 Å². The average Bonchev–Trinajstić information content (AvgIpc) is 2.36. The quantitative estimate of drug-likeness (QED) is 0.216. The summed E-state index contributed by atoms with van der Waals surface area (Å²) in [5, 5.41) is 21.7. The molecule has 0 amide bonds. The smallest absolute Gasteiger partial charge is 0.339 e. The summed E-state index contributed by atoms with van der Waals surface area (Å²) in [5.74, 6) is 0. The molecule has 0 saturated heterocycles. The first-order valence-corrected chi connectivity index (χ1v) is 9.50. The van der Waals surface area contributed by atoms with E-state index in [-0.39, 0.29) is 12.4 Å². The summed E-state index contributed by atoms with van der Waals surface area (Å²) in [6.07, 6.45) is -1.18. The SMILES string of the molecule is CCN(CCN(CCNCP(=O)(O)O)C[C@H](C)O)C[C@H](C)O. The van der Waals surface area contributed by atoms with Gasteiger partial charge in [-0.15, -0.1) is 0 Å². The minimum atomic E-state index is -4.02. The van der Waals surface area contributed by atoms with Gasteiger partial charge in [-0.25, -0.2) is 0 Å². The van der Waals surface area contributed by atoms with E-state index < -0.39 is 13.7 Å². The normalized spacial score (nSPS) is 15.5. The summed E-state index contributed by atoms with van der Waals surface area (Å²) in [7, 11) is -4.02. The lowest BCUT2D eigenvalue weighted by Crippen LogP contribution is -2.42. The summed E-state index contributed by atoms with van der Waals surface area (Å²) < 4.78 is 10.8. The molecule has 22 heavy (non-hydrogen) atoms. The van der Waals surface area contributed by atoms with E-state index in [1.165, 1.54) is 0 Å². The molecule has 0 fully saturated rings. The van der Waals surface area contributed by atoms with Crippen LogP contribution in [0.4, 0.5) is 0 Å². The predicted molar refractivity (Wildman–Crippen MR) is 86.8 cm³/mol. The van der Waals surface area contributed by atoms with Crippen LogP contribution in [0.3, 0.4) is 0 Å². The highest BCUT2D eigenvalue weighted by molar-refractivity contribution is 7.51. The molecule has 0 radical (unpaired) electrons. The molecule has 0 spiro atoms. The van der Waals surface area contributed by atoms with E-state index >= 15 is 0 Å². The maximum Gasteiger partial charge on any atom is 0.339 e. The first-order valence-electron chi connectivity index (χ1n) is 7.70. The molecule has 0 aliphatic carbocycles. The van der Waals surface area contributed by atoms with Gasteiger partial charge in [0.25, 0.3) is 0 Å². The van der Waals surface area contributed by atoms with Crippen LogP contribution >= 0.6 is 7.60 Å². The molecule has 0 unspecified atom stereocenters. The third-order valence-electron chi connectivity index (χ3n) is 3.15. The number of aliphatic hydroxyl groups excluding tert-OH is 2. The molecule has 0 rings (SSSR count). The van der Waals surface area contributed by atoms with Gasteiger partial charge in [0.2, 0.25) is 0 Å². The Morgan fingerprint density at radius 1 is 1.00 bits per heavy atom. The molecule has 0 aromatic heterocycles. The summed E-state index contributed by atoms with van der Waals surface area (Å²) in [6.45, 7) is 9.98. The maximum atomic E-state index is 10.8. The van der Waals surface area contributed by atoms with Crippen molar-refractivity contribution in [2.75, 3.05) is 52.1 Å². The van der Waals surface area contributed by atoms with Crippen LogP contribution in [-0.4, -0.2) is 94.1 Å². The van der Waals surface area contributed by atoms with Crippen molar-refractivity contribution in [3.05, 3.63) is 0 Å². The second-order valence-electron chi connectivity index (χ2n) is 5.71. The Labute approximate surface area is 133 Å². The molecular formula is C13H32N3O5P. The minimum absolute atomic E-state index is 0.335. The molecule has 0 heterocycles. The number of nitrogens with zero attached hydrogens (tertiary/aromatic N) is 2. The van der Waals surface area contributed by atoms with Crippen molar-refractivity contribution in [2.24, 2.45) is 0 Å². The molecule has 0 aromatic carbocycles. The van der Waals surface area contributed by atoms with E-state index in [2.05, 4.69) is 10.2 Å². The van der Waals surface area contributed by atoms with Gasteiger partial charge in [-0.05, 0) is 20.4 Å². The zero-order chi connectivity index (χ0) is 17.2. The van der Waals surface area contributed by atoms with Crippen molar-refractivity contribution in [3.8, 4) is 0 Å². The highest BCUT2D eigenvalue weighted by atomic mass is 31.2. The zero-order valence-corrected chi connectivity index (χ0v) is 14.7. The topological polar surface area (TPSA) is 117 Å². The van der Waals surface area contributed by atoms with Gasteiger partial charge in [0.15, 0.2) is 0 Å². The average molecular weight is 341 g/mol. The summed E-state index contributed by atoms with van der Waals surface area (Å²) in [6, 6.07) is 0. The summed E-state index contributed by atoms with van der Waals surface area (Å²) in [4.78, 5) is 21.7. The maximum absolute atomic E-state index is 10.8. The Morgan fingerprint density at radius 3 is 1.95 bits per heavy atom. The van der Waals surface area contributed by atoms with Crippen molar-refractivity contribution >= 4 is 7.60 Å². The lowest BCUT2D eigenvalue weighted by molar-refractivity contribution is 0.0987. The number of nitrogens with one attached hydrogen (secondary N) is 1. The van der Waals surface area contributed by atoms with Crippen molar-refractivity contribution in [1.82, 2.24) is 15.1 Å². The van der Waals surface area contributed by atoms with Crippen molar-refractivity contribution < 1.29 is 24.6 Å². The molecule has 2 atom stereocenters. The molecule has 0 bridgehead atoms. The Morgan fingerprint density at radius 2 is 1.50 bits per heavy atom. The fraction of sp³-hybridized carbons (Fsp3) is 1.00.